The van der Waals surface area contributed by atoms with Gasteiger partial charge in [-0.15, -0.1) is 0 Å². The van der Waals surface area contributed by atoms with Crippen molar-refractivity contribution in [3.8, 4) is 0 Å². The first-order valence-corrected chi connectivity index (χ1v) is 5.79. The largest absolute Gasteiger partial charge is 0.0986 e. The minimum absolute atomic E-state index is 0.282. The van der Waals surface area contributed by atoms with Gasteiger partial charge in [0, 0.05) is 5.92 Å². The molecule has 0 nitrogen and oxygen atoms in total. The van der Waals surface area contributed by atoms with Gasteiger partial charge in [-0.25, -0.2) is 0 Å². The molecular weight excluding hydrogens is 192 g/mol. The van der Waals surface area contributed by atoms with E-state index in [2.05, 4.69) is 62.9 Å². The van der Waals surface area contributed by atoms with Gasteiger partial charge >= 0.3 is 0 Å². The molecule has 0 saturated heterocycles. The van der Waals surface area contributed by atoms with Crippen LogP contribution in [-0.2, 0) is 0 Å². The molecule has 0 heterocycles. The Bertz CT molecular complexity index is 570. The van der Waals surface area contributed by atoms with E-state index in [0.717, 1.165) is 0 Å². The highest BCUT2D eigenvalue weighted by Gasteiger charge is 2.51. The molecule has 0 heteroatoms. The molecule has 0 radical (unpaired) electrons. The predicted octanol–water partition coefficient (Wildman–Crippen LogP) is 4.52. The summed E-state index contributed by atoms with van der Waals surface area (Å²) in [6, 6.07) is 15.2. The van der Waals surface area contributed by atoms with Crippen molar-refractivity contribution in [3.63, 3.8) is 0 Å². The molecule has 1 unspecified atom stereocenters. The SMILES string of the molecule is C=C1C(c2cccc3ccccc23)C1(C)C. The molecule has 80 valence electrons. The fraction of sp³-hybridized carbons (Fsp3) is 0.250. The van der Waals surface area contributed by atoms with Gasteiger partial charge in [0.05, 0.1) is 0 Å². The van der Waals surface area contributed by atoms with Gasteiger partial charge in [-0.05, 0) is 21.8 Å². The third-order valence-corrected chi connectivity index (χ3v) is 3.95. The average Bonchev–Trinajstić information content (AvgIpc) is 2.77. The Kier molecular flexibility index (Phi) is 1.79. The van der Waals surface area contributed by atoms with Crippen LogP contribution in [0.2, 0.25) is 0 Å². The van der Waals surface area contributed by atoms with Crippen LogP contribution in [0.5, 0.6) is 0 Å². The molecule has 0 aromatic heterocycles. The maximum absolute atomic E-state index is 4.18. The van der Waals surface area contributed by atoms with E-state index in [-0.39, 0.29) is 5.41 Å². The number of allylic oxidation sites excluding steroid dienone is 1. The molecular formula is C16H16. The van der Waals surface area contributed by atoms with Crippen molar-refractivity contribution in [1.82, 2.24) is 0 Å². The van der Waals surface area contributed by atoms with Crippen LogP contribution in [0.3, 0.4) is 0 Å². The smallest absolute Gasteiger partial charge is 0.0146 e. The molecule has 1 aliphatic carbocycles. The highest BCUT2D eigenvalue weighted by atomic mass is 14.5. The lowest BCUT2D eigenvalue weighted by molar-refractivity contribution is 0.644. The molecule has 1 saturated carbocycles. The number of hydrogen-bond acceptors (Lipinski definition) is 0. The van der Waals surface area contributed by atoms with Crippen molar-refractivity contribution >= 4 is 10.8 Å². The predicted molar refractivity (Wildman–Crippen MR) is 69.6 cm³/mol. The van der Waals surface area contributed by atoms with Crippen LogP contribution in [0.25, 0.3) is 10.8 Å². The first-order chi connectivity index (χ1) is 7.62. The van der Waals surface area contributed by atoms with Crippen molar-refractivity contribution in [2.75, 3.05) is 0 Å². The fourth-order valence-electron chi connectivity index (χ4n) is 2.72. The molecule has 0 bridgehead atoms. The monoisotopic (exact) mass is 208 g/mol. The summed E-state index contributed by atoms with van der Waals surface area (Å²) >= 11 is 0. The van der Waals surface area contributed by atoms with Crippen LogP contribution >= 0.6 is 0 Å². The van der Waals surface area contributed by atoms with Gasteiger partial charge in [0.1, 0.15) is 0 Å². The van der Waals surface area contributed by atoms with E-state index in [9.17, 15) is 0 Å². The molecule has 0 aliphatic heterocycles. The zero-order valence-corrected chi connectivity index (χ0v) is 9.83. The maximum Gasteiger partial charge on any atom is 0.0146 e. The summed E-state index contributed by atoms with van der Waals surface area (Å²) in [5, 5.41) is 2.71. The molecule has 1 aliphatic rings. The van der Waals surface area contributed by atoms with E-state index in [1.165, 1.54) is 21.9 Å². The van der Waals surface area contributed by atoms with E-state index >= 15 is 0 Å². The molecule has 1 fully saturated rings. The Morgan fingerprint density at radius 1 is 1.00 bits per heavy atom. The summed E-state index contributed by atoms with van der Waals surface area (Å²) in [5.74, 6) is 0.540. The molecule has 1 atom stereocenters. The van der Waals surface area contributed by atoms with Crippen molar-refractivity contribution in [3.05, 3.63) is 60.2 Å². The fourth-order valence-corrected chi connectivity index (χ4v) is 2.72. The van der Waals surface area contributed by atoms with Crippen molar-refractivity contribution in [2.24, 2.45) is 5.41 Å². The van der Waals surface area contributed by atoms with Crippen LogP contribution in [0.15, 0.2) is 54.6 Å². The van der Waals surface area contributed by atoms with E-state index in [4.69, 9.17) is 0 Å². The second-order valence-electron chi connectivity index (χ2n) is 5.25. The summed E-state index contributed by atoms with van der Waals surface area (Å²) in [7, 11) is 0. The minimum Gasteiger partial charge on any atom is -0.0986 e. The number of hydrogen-bond donors (Lipinski definition) is 0. The van der Waals surface area contributed by atoms with Crippen molar-refractivity contribution < 1.29 is 0 Å². The quantitative estimate of drug-likeness (QED) is 0.604. The van der Waals surface area contributed by atoms with Crippen LogP contribution in [0.4, 0.5) is 0 Å². The Hall–Kier alpha value is -1.56. The van der Waals surface area contributed by atoms with Gasteiger partial charge in [0.25, 0.3) is 0 Å². The highest BCUT2D eigenvalue weighted by Crippen LogP contribution is 2.63. The van der Waals surface area contributed by atoms with E-state index in [1.54, 1.807) is 0 Å². The third kappa shape index (κ3) is 1.16. The highest BCUT2D eigenvalue weighted by molar-refractivity contribution is 5.87. The maximum atomic E-state index is 4.18. The number of benzene rings is 2. The first kappa shape index (κ1) is 9.65. The van der Waals surface area contributed by atoms with Gasteiger partial charge in [-0.2, -0.15) is 0 Å². The standard InChI is InChI=1S/C16H16/c1-11-15(16(11,2)3)14-10-6-8-12-7-4-5-9-13(12)14/h4-10,15H,1H2,2-3H3. The Morgan fingerprint density at radius 2 is 1.62 bits per heavy atom. The van der Waals surface area contributed by atoms with Crippen LogP contribution in [0.1, 0.15) is 25.3 Å². The molecule has 0 spiro atoms. The zero-order chi connectivity index (χ0) is 11.3. The molecule has 2 aromatic carbocycles. The Labute approximate surface area is 96.6 Å². The van der Waals surface area contributed by atoms with Crippen LogP contribution < -0.4 is 0 Å². The summed E-state index contributed by atoms with van der Waals surface area (Å²) in [5.41, 5.74) is 3.08. The Balaban J connectivity index is 2.22. The summed E-state index contributed by atoms with van der Waals surface area (Å²) < 4.78 is 0. The molecule has 0 N–H and O–H groups in total. The zero-order valence-electron chi connectivity index (χ0n) is 9.83. The van der Waals surface area contributed by atoms with Gasteiger partial charge in [-0.1, -0.05) is 68.5 Å². The lowest BCUT2D eigenvalue weighted by Crippen LogP contribution is -1.90. The average molecular weight is 208 g/mol. The van der Waals surface area contributed by atoms with Gasteiger partial charge in [-0.3, -0.25) is 0 Å². The van der Waals surface area contributed by atoms with E-state index in [0.29, 0.717) is 5.92 Å². The molecule has 0 amide bonds. The van der Waals surface area contributed by atoms with E-state index < -0.39 is 0 Å². The van der Waals surface area contributed by atoms with Gasteiger partial charge < -0.3 is 0 Å². The number of rotatable bonds is 1. The lowest BCUT2D eigenvalue weighted by Gasteiger charge is -2.07. The lowest BCUT2D eigenvalue weighted by atomic mass is 9.97. The van der Waals surface area contributed by atoms with Gasteiger partial charge in [0.15, 0.2) is 0 Å². The summed E-state index contributed by atoms with van der Waals surface area (Å²) in [6.45, 7) is 8.74. The van der Waals surface area contributed by atoms with Crippen LogP contribution in [0, 0.1) is 5.41 Å². The third-order valence-electron chi connectivity index (χ3n) is 3.95. The Morgan fingerprint density at radius 3 is 2.31 bits per heavy atom. The normalized spacial score (nSPS) is 22.4. The second-order valence-corrected chi connectivity index (χ2v) is 5.25. The second kappa shape index (κ2) is 2.98. The summed E-state index contributed by atoms with van der Waals surface area (Å²) in [4.78, 5) is 0. The molecule has 3 rings (SSSR count). The first-order valence-electron chi connectivity index (χ1n) is 5.79. The van der Waals surface area contributed by atoms with Crippen molar-refractivity contribution in [1.29, 1.82) is 0 Å². The van der Waals surface area contributed by atoms with E-state index in [1.807, 2.05) is 0 Å². The van der Waals surface area contributed by atoms with Gasteiger partial charge in [0.2, 0.25) is 0 Å². The molecule has 2 aromatic rings. The van der Waals surface area contributed by atoms with Crippen LogP contribution in [-0.4, -0.2) is 0 Å². The topological polar surface area (TPSA) is 0 Å². The minimum atomic E-state index is 0.282. The van der Waals surface area contributed by atoms with Crippen molar-refractivity contribution in [2.45, 2.75) is 19.8 Å². The molecule has 16 heavy (non-hydrogen) atoms. The number of fused-ring (bicyclic) bond motifs is 1. The summed E-state index contributed by atoms with van der Waals surface area (Å²) in [6.07, 6.45) is 0.